The number of thiazole rings is 1. The molecule has 3 N–H and O–H groups in total. The monoisotopic (exact) mass is 475 g/mol. The van der Waals surface area contributed by atoms with Gasteiger partial charge in [0.1, 0.15) is 22.4 Å². The maximum Gasteiger partial charge on any atom is 0.251 e. The van der Waals surface area contributed by atoms with Gasteiger partial charge in [0.05, 0.1) is 17.7 Å². The van der Waals surface area contributed by atoms with Crippen molar-refractivity contribution in [1.82, 2.24) is 4.98 Å². The second-order valence-corrected chi connectivity index (χ2v) is 9.82. The Morgan fingerprint density at radius 3 is 2.71 bits per heavy atom. The number of halogens is 1. The summed E-state index contributed by atoms with van der Waals surface area (Å²) in [7, 11) is 0. The minimum atomic E-state index is -0.481. The van der Waals surface area contributed by atoms with E-state index < -0.39 is 5.91 Å². The summed E-state index contributed by atoms with van der Waals surface area (Å²) >= 11 is 8.79. The molecule has 3 aromatic rings. The van der Waals surface area contributed by atoms with Gasteiger partial charge >= 0.3 is 0 Å². The zero-order chi connectivity index (χ0) is 21.8. The number of aryl methyl sites for hydroxylation is 1. The molecule has 0 spiro atoms. The van der Waals surface area contributed by atoms with Crippen molar-refractivity contribution in [3.05, 3.63) is 61.4 Å². The zero-order valence-corrected chi connectivity index (χ0v) is 19.2. The van der Waals surface area contributed by atoms with Crippen molar-refractivity contribution < 1.29 is 14.3 Å². The minimum Gasteiger partial charge on any atom is -0.486 e. The third-order valence-corrected chi connectivity index (χ3v) is 7.37. The Balaban J connectivity index is 1.38. The largest absolute Gasteiger partial charge is 0.486 e. The summed E-state index contributed by atoms with van der Waals surface area (Å²) in [6.45, 7) is 0.317. The summed E-state index contributed by atoms with van der Waals surface area (Å²) < 4.78 is 5.70. The van der Waals surface area contributed by atoms with Crippen LogP contribution < -0.4 is 15.8 Å². The van der Waals surface area contributed by atoms with E-state index in [9.17, 15) is 9.59 Å². The molecule has 9 heteroatoms. The van der Waals surface area contributed by atoms with E-state index in [1.165, 1.54) is 22.7 Å². The molecule has 31 heavy (non-hydrogen) atoms. The zero-order valence-electron chi connectivity index (χ0n) is 16.8. The number of thiophene rings is 1. The van der Waals surface area contributed by atoms with Crippen LogP contribution in [0.1, 0.15) is 50.8 Å². The van der Waals surface area contributed by atoms with Crippen LogP contribution in [0.2, 0.25) is 5.02 Å². The van der Waals surface area contributed by atoms with Gasteiger partial charge in [0.15, 0.2) is 0 Å². The molecular formula is C22H22ClN3O3S2. The number of fused-ring (bicyclic) bond motifs is 1. The van der Waals surface area contributed by atoms with Crippen LogP contribution in [0.5, 0.6) is 5.75 Å². The number of nitrogens with zero attached hydrogens (tertiary/aromatic N) is 1. The van der Waals surface area contributed by atoms with E-state index in [1.54, 1.807) is 24.3 Å². The number of anilines is 1. The first-order valence-corrected chi connectivity index (χ1v) is 12.1. The van der Waals surface area contributed by atoms with Gasteiger partial charge in [-0.05, 0) is 55.5 Å². The van der Waals surface area contributed by atoms with Crippen LogP contribution in [0, 0.1) is 0 Å². The molecule has 0 saturated heterocycles. The molecule has 2 aromatic heterocycles. The number of ether oxygens (including phenoxy) is 1. The van der Waals surface area contributed by atoms with E-state index in [-0.39, 0.29) is 12.3 Å². The lowest BCUT2D eigenvalue weighted by Crippen LogP contribution is -2.19. The topological polar surface area (TPSA) is 94.3 Å². The molecule has 1 aliphatic rings. The molecule has 2 heterocycles. The number of rotatable bonds is 7. The number of aromatic nitrogens is 1. The van der Waals surface area contributed by atoms with Gasteiger partial charge in [0, 0.05) is 15.3 Å². The van der Waals surface area contributed by atoms with Crippen molar-refractivity contribution >= 4 is 51.1 Å². The van der Waals surface area contributed by atoms with Crippen LogP contribution in [-0.2, 0) is 30.7 Å². The summed E-state index contributed by atoms with van der Waals surface area (Å²) in [4.78, 5) is 30.3. The second kappa shape index (κ2) is 9.80. The molecule has 1 aromatic carbocycles. The van der Waals surface area contributed by atoms with Crippen LogP contribution in [0.15, 0.2) is 29.6 Å². The van der Waals surface area contributed by atoms with E-state index in [0.29, 0.717) is 33.6 Å². The highest BCUT2D eigenvalue weighted by molar-refractivity contribution is 7.17. The van der Waals surface area contributed by atoms with E-state index in [2.05, 4.69) is 10.3 Å². The first kappa shape index (κ1) is 21.8. The number of hydrogen-bond donors (Lipinski definition) is 2. The molecule has 162 valence electrons. The van der Waals surface area contributed by atoms with Crippen molar-refractivity contribution in [2.45, 2.75) is 45.1 Å². The van der Waals surface area contributed by atoms with Gasteiger partial charge in [0.25, 0.3) is 5.91 Å². The molecule has 0 bridgehead atoms. The fraction of sp³-hybridized carbons (Fsp3) is 0.318. The quantitative estimate of drug-likeness (QED) is 0.471. The van der Waals surface area contributed by atoms with E-state index >= 15 is 0 Å². The van der Waals surface area contributed by atoms with E-state index in [1.807, 2.05) is 5.38 Å². The van der Waals surface area contributed by atoms with Gasteiger partial charge in [0.2, 0.25) is 5.91 Å². The lowest BCUT2D eigenvalue weighted by Gasteiger charge is -2.06. The van der Waals surface area contributed by atoms with Crippen LogP contribution in [-0.4, -0.2) is 16.8 Å². The van der Waals surface area contributed by atoms with Crippen LogP contribution in [0.3, 0.4) is 0 Å². The van der Waals surface area contributed by atoms with E-state index in [0.717, 1.165) is 47.6 Å². The third kappa shape index (κ3) is 5.44. The molecule has 0 atom stereocenters. The molecule has 0 saturated carbocycles. The fourth-order valence-corrected chi connectivity index (χ4v) is 5.74. The lowest BCUT2D eigenvalue weighted by atomic mass is 10.1. The molecule has 0 fully saturated rings. The number of benzene rings is 1. The van der Waals surface area contributed by atoms with Gasteiger partial charge in [-0.15, -0.1) is 22.7 Å². The van der Waals surface area contributed by atoms with E-state index in [4.69, 9.17) is 22.1 Å². The highest BCUT2D eigenvalue weighted by Gasteiger charge is 2.24. The summed E-state index contributed by atoms with van der Waals surface area (Å²) in [6.07, 6.45) is 5.17. The smallest absolute Gasteiger partial charge is 0.251 e. The first-order chi connectivity index (χ1) is 15.0. The molecule has 1 aliphatic carbocycles. The molecule has 2 amide bonds. The standard InChI is InChI=1S/C22H22ClN3O3S2/c23-13-6-8-15(9-7-13)29-11-19-25-14(12-30-19)10-18(27)26-22-20(21(24)28)16-4-2-1-3-5-17(16)31-22/h6-9,12H,1-5,10-11H2,(H2,24,28)(H,26,27). The third-order valence-electron chi connectivity index (χ3n) is 5.04. The number of hydrogen-bond acceptors (Lipinski definition) is 6. The van der Waals surface area contributed by atoms with Crippen molar-refractivity contribution in [2.24, 2.45) is 5.73 Å². The number of nitrogens with two attached hydrogens (primary N) is 1. The Kier molecular flexibility index (Phi) is 6.89. The van der Waals surface area contributed by atoms with Gasteiger partial charge in [-0.3, -0.25) is 9.59 Å². The van der Waals surface area contributed by atoms with Crippen molar-refractivity contribution in [2.75, 3.05) is 5.32 Å². The SMILES string of the molecule is NC(=O)c1c(NC(=O)Cc2csc(COc3ccc(Cl)cc3)n2)sc2c1CCCCC2. The normalized spacial score (nSPS) is 13.3. The average Bonchev–Trinajstić information content (AvgIpc) is 3.24. The summed E-state index contributed by atoms with van der Waals surface area (Å²) in [6, 6.07) is 7.12. The van der Waals surface area contributed by atoms with Crippen molar-refractivity contribution in [1.29, 1.82) is 0 Å². The van der Waals surface area contributed by atoms with Gasteiger partial charge in [-0.25, -0.2) is 4.98 Å². The minimum absolute atomic E-state index is 0.123. The van der Waals surface area contributed by atoms with Gasteiger partial charge in [-0.2, -0.15) is 0 Å². The summed E-state index contributed by atoms with van der Waals surface area (Å²) in [5.41, 5.74) is 7.79. The van der Waals surface area contributed by atoms with Gasteiger partial charge < -0.3 is 15.8 Å². The maximum atomic E-state index is 12.6. The highest BCUT2D eigenvalue weighted by atomic mass is 35.5. The fourth-order valence-electron chi connectivity index (χ4n) is 3.60. The average molecular weight is 476 g/mol. The first-order valence-electron chi connectivity index (χ1n) is 10.1. The number of amides is 2. The second-order valence-electron chi connectivity index (χ2n) is 7.33. The highest BCUT2D eigenvalue weighted by Crippen LogP contribution is 2.37. The molecule has 0 aliphatic heterocycles. The Hall–Kier alpha value is -2.42. The lowest BCUT2D eigenvalue weighted by molar-refractivity contribution is -0.115. The number of carbonyl (C=O) groups excluding carboxylic acids is 2. The van der Waals surface area contributed by atoms with Crippen molar-refractivity contribution in [3.63, 3.8) is 0 Å². The number of carbonyl (C=O) groups is 2. The molecule has 0 unspecified atom stereocenters. The molecule has 6 nitrogen and oxygen atoms in total. The summed E-state index contributed by atoms with van der Waals surface area (Å²) in [5, 5.41) is 6.72. The van der Waals surface area contributed by atoms with Crippen LogP contribution in [0.4, 0.5) is 5.00 Å². The number of nitrogens with one attached hydrogen (secondary N) is 1. The Bertz CT molecular complexity index is 1090. The van der Waals surface area contributed by atoms with Crippen LogP contribution in [0.25, 0.3) is 0 Å². The number of primary amides is 1. The van der Waals surface area contributed by atoms with Crippen LogP contribution >= 0.6 is 34.3 Å². The molecule has 0 radical (unpaired) electrons. The Labute approximate surface area is 193 Å². The predicted octanol–water partition coefficient (Wildman–Crippen LogP) is 4.99. The summed E-state index contributed by atoms with van der Waals surface area (Å²) in [5.74, 6) is 0.00899. The van der Waals surface area contributed by atoms with Gasteiger partial charge in [-0.1, -0.05) is 18.0 Å². The molecular weight excluding hydrogens is 454 g/mol. The molecule has 4 rings (SSSR count). The predicted molar refractivity (Wildman–Crippen MR) is 124 cm³/mol. The van der Waals surface area contributed by atoms with Crippen molar-refractivity contribution in [3.8, 4) is 5.75 Å². The Morgan fingerprint density at radius 1 is 1.16 bits per heavy atom. The maximum absolute atomic E-state index is 12.6. The Morgan fingerprint density at radius 2 is 1.94 bits per heavy atom.